The molecule has 0 aliphatic carbocycles. The molecule has 3 nitrogen and oxygen atoms in total. The van der Waals surface area contributed by atoms with E-state index < -0.39 is 6.10 Å². The topological polar surface area (TPSA) is 38.7 Å². The van der Waals surface area contributed by atoms with E-state index >= 15 is 0 Å². The Balaban J connectivity index is 0.000000791. The fourth-order valence-corrected chi connectivity index (χ4v) is 1.73. The Morgan fingerprint density at radius 3 is 2.00 bits per heavy atom. The van der Waals surface area contributed by atoms with E-state index in [0.717, 1.165) is 0 Å². The van der Waals surface area contributed by atoms with Gasteiger partial charge < -0.3 is 14.6 Å². The second-order valence-electron chi connectivity index (χ2n) is 3.60. The largest absolute Gasteiger partial charge is 0.390 e. The summed E-state index contributed by atoms with van der Waals surface area (Å²) >= 11 is 0. The van der Waals surface area contributed by atoms with E-state index in [9.17, 15) is 5.11 Å². The second-order valence-corrected chi connectivity index (χ2v) is 3.60. The number of rotatable bonds is 1. The van der Waals surface area contributed by atoms with Crippen LogP contribution in [0.2, 0.25) is 0 Å². The molecule has 5 atom stereocenters. The van der Waals surface area contributed by atoms with Crippen molar-refractivity contribution < 1.29 is 14.6 Å². The van der Waals surface area contributed by atoms with Crippen LogP contribution in [0.3, 0.4) is 0 Å². The Morgan fingerprint density at radius 1 is 1.07 bits per heavy atom. The van der Waals surface area contributed by atoms with Crippen LogP contribution < -0.4 is 0 Å². The minimum absolute atomic E-state index is 0.0174. The van der Waals surface area contributed by atoms with Crippen LogP contribution in [0.4, 0.5) is 0 Å². The predicted molar refractivity (Wildman–Crippen MR) is 57.3 cm³/mol. The van der Waals surface area contributed by atoms with E-state index in [1.54, 1.807) is 7.11 Å². The van der Waals surface area contributed by atoms with Crippen molar-refractivity contribution in [3.05, 3.63) is 0 Å². The Labute approximate surface area is 87.4 Å². The van der Waals surface area contributed by atoms with Gasteiger partial charge in [-0.15, -0.1) is 0 Å². The van der Waals surface area contributed by atoms with E-state index in [1.165, 1.54) is 0 Å². The monoisotopic (exact) mass is 204 g/mol. The zero-order valence-electron chi connectivity index (χ0n) is 10.2. The molecule has 1 rings (SSSR count). The zero-order chi connectivity index (χ0) is 11.3. The summed E-state index contributed by atoms with van der Waals surface area (Å²) in [5, 5.41) is 9.77. The number of aliphatic hydroxyl groups is 1. The van der Waals surface area contributed by atoms with Gasteiger partial charge in [-0.05, 0) is 13.8 Å². The van der Waals surface area contributed by atoms with Gasteiger partial charge in [-0.2, -0.15) is 0 Å². The van der Waals surface area contributed by atoms with Gasteiger partial charge in [-0.1, -0.05) is 20.8 Å². The SMILES string of the molecule is CC.COC1C(C)OC(C)C(C)C1O. The van der Waals surface area contributed by atoms with Gasteiger partial charge in [0.1, 0.15) is 6.10 Å². The Bertz CT molecular complexity index is 149. The summed E-state index contributed by atoms with van der Waals surface area (Å²) in [7, 11) is 1.61. The molecule has 0 bridgehead atoms. The first-order chi connectivity index (χ1) is 6.57. The number of methoxy groups -OCH3 is 1. The van der Waals surface area contributed by atoms with Crippen LogP contribution in [0.5, 0.6) is 0 Å². The molecular formula is C11H24O3. The molecule has 1 aliphatic rings. The van der Waals surface area contributed by atoms with Crippen molar-refractivity contribution in [3.8, 4) is 0 Å². The molecule has 0 amide bonds. The van der Waals surface area contributed by atoms with E-state index in [1.807, 2.05) is 34.6 Å². The third kappa shape index (κ3) is 2.94. The van der Waals surface area contributed by atoms with Crippen LogP contribution in [0.15, 0.2) is 0 Å². The van der Waals surface area contributed by atoms with Crippen molar-refractivity contribution in [1.29, 1.82) is 0 Å². The molecule has 1 heterocycles. The minimum atomic E-state index is -0.409. The van der Waals surface area contributed by atoms with Crippen LogP contribution in [0.25, 0.3) is 0 Å². The Morgan fingerprint density at radius 2 is 1.57 bits per heavy atom. The lowest BCUT2D eigenvalue weighted by Crippen LogP contribution is -2.52. The molecule has 0 radical (unpaired) electrons. The lowest BCUT2D eigenvalue weighted by molar-refractivity contribution is -0.194. The molecule has 3 heteroatoms. The van der Waals surface area contributed by atoms with Gasteiger partial charge in [0.15, 0.2) is 0 Å². The molecule has 0 aromatic rings. The number of hydrogen-bond acceptors (Lipinski definition) is 3. The van der Waals surface area contributed by atoms with Crippen molar-refractivity contribution in [2.24, 2.45) is 5.92 Å². The molecule has 5 unspecified atom stereocenters. The molecule has 1 aliphatic heterocycles. The molecular weight excluding hydrogens is 180 g/mol. The van der Waals surface area contributed by atoms with Crippen molar-refractivity contribution in [3.63, 3.8) is 0 Å². The van der Waals surface area contributed by atoms with Crippen LogP contribution in [-0.4, -0.2) is 36.6 Å². The molecule has 1 fully saturated rings. The highest BCUT2D eigenvalue weighted by Crippen LogP contribution is 2.26. The molecule has 1 saturated heterocycles. The average molecular weight is 204 g/mol. The summed E-state index contributed by atoms with van der Waals surface area (Å²) in [6.45, 7) is 9.89. The third-order valence-corrected chi connectivity index (χ3v) is 2.78. The van der Waals surface area contributed by atoms with Gasteiger partial charge in [0.2, 0.25) is 0 Å². The summed E-state index contributed by atoms with van der Waals surface area (Å²) in [6, 6.07) is 0. The smallest absolute Gasteiger partial charge is 0.109 e. The van der Waals surface area contributed by atoms with E-state index in [-0.39, 0.29) is 24.2 Å². The Kier molecular flexibility index (Phi) is 6.33. The van der Waals surface area contributed by atoms with E-state index in [4.69, 9.17) is 9.47 Å². The lowest BCUT2D eigenvalue weighted by Gasteiger charge is -2.40. The van der Waals surface area contributed by atoms with Crippen LogP contribution in [-0.2, 0) is 9.47 Å². The predicted octanol–water partition coefficient (Wildman–Crippen LogP) is 1.83. The summed E-state index contributed by atoms with van der Waals surface area (Å²) < 4.78 is 10.7. The number of hydrogen-bond donors (Lipinski definition) is 1. The molecule has 14 heavy (non-hydrogen) atoms. The van der Waals surface area contributed by atoms with E-state index in [2.05, 4.69) is 0 Å². The number of aliphatic hydroxyl groups excluding tert-OH is 1. The molecule has 0 saturated carbocycles. The van der Waals surface area contributed by atoms with Gasteiger partial charge in [0.05, 0.1) is 18.3 Å². The summed E-state index contributed by atoms with van der Waals surface area (Å²) in [5.41, 5.74) is 0. The summed E-state index contributed by atoms with van der Waals surface area (Å²) in [6.07, 6.45) is -0.498. The minimum Gasteiger partial charge on any atom is -0.390 e. The second kappa shape index (κ2) is 6.38. The third-order valence-electron chi connectivity index (χ3n) is 2.78. The van der Waals surface area contributed by atoms with Crippen LogP contribution in [0, 0.1) is 5.92 Å². The van der Waals surface area contributed by atoms with Crippen LogP contribution in [0.1, 0.15) is 34.6 Å². The highest BCUT2D eigenvalue weighted by molar-refractivity contribution is 4.87. The first-order valence-electron chi connectivity index (χ1n) is 5.44. The molecule has 0 spiro atoms. The molecule has 86 valence electrons. The van der Waals surface area contributed by atoms with Crippen molar-refractivity contribution in [2.75, 3.05) is 7.11 Å². The van der Waals surface area contributed by atoms with Crippen molar-refractivity contribution >= 4 is 0 Å². The highest BCUT2D eigenvalue weighted by atomic mass is 16.6. The zero-order valence-corrected chi connectivity index (χ0v) is 10.2. The van der Waals surface area contributed by atoms with Gasteiger partial charge in [0.25, 0.3) is 0 Å². The van der Waals surface area contributed by atoms with Gasteiger partial charge in [-0.25, -0.2) is 0 Å². The maximum Gasteiger partial charge on any atom is 0.109 e. The average Bonchev–Trinajstić information content (AvgIpc) is 2.18. The van der Waals surface area contributed by atoms with Crippen LogP contribution >= 0.6 is 0 Å². The van der Waals surface area contributed by atoms with Gasteiger partial charge in [0, 0.05) is 13.0 Å². The summed E-state index contributed by atoms with van der Waals surface area (Å²) in [5.74, 6) is 0.145. The Hall–Kier alpha value is -0.120. The first-order valence-corrected chi connectivity index (χ1v) is 5.44. The summed E-state index contributed by atoms with van der Waals surface area (Å²) in [4.78, 5) is 0. The highest BCUT2D eigenvalue weighted by Gasteiger charge is 2.38. The first kappa shape index (κ1) is 13.9. The van der Waals surface area contributed by atoms with E-state index in [0.29, 0.717) is 0 Å². The normalized spacial score (nSPS) is 42.6. The van der Waals surface area contributed by atoms with Gasteiger partial charge >= 0.3 is 0 Å². The quantitative estimate of drug-likeness (QED) is 0.708. The maximum absolute atomic E-state index is 9.77. The fourth-order valence-electron chi connectivity index (χ4n) is 1.73. The van der Waals surface area contributed by atoms with Crippen molar-refractivity contribution in [1.82, 2.24) is 0 Å². The molecule has 0 aromatic carbocycles. The van der Waals surface area contributed by atoms with Gasteiger partial charge in [-0.3, -0.25) is 0 Å². The van der Waals surface area contributed by atoms with Crippen molar-refractivity contribution in [2.45, 2.75) is 59.0 Å². The number of ether oxygens (including phenoxy) is 2. The fraction of sp³-hybridized carbons (Fsp3) is 1.00. The standard InChI is InChI=1S/C9H18O3.C2H6/c1-5-6(2)12-7(3)9(11-4)8(5)10;1-2/h5-10H,1-4H3;1-2H3. The maximum atomic E-state index is 9.77. The molecule has 0 aromatic heterocycles. The molecule has 1 N–H and O–H groups in total. The lowest BCUT2D eigenvalue weighted by atomic mass is 9.89.